The number of piperidine rings is 1. The van der Waals surface area contributed by atoms with Crippen LogP contribution in [0.25, 0.3) is 0 Å². The molecule has 0 spiro atoms. The normalized spacial score (nSPS) is 17.0. The molecule has 0 radical (unpaired) electrons. The third kappa shape index (κ3) is 3.89. The first kappa shape index (κ1) is 12.2. The second-order valence-electron chi connectivity index (χ2n) is 4.69. The minimum atomic E-state index is 0.131. The summed E-state index contributed by atoms with van der Waals surface area (Å²) in [6.45, 7) is 4.47. The number of amides is 1. The van der Waals surface area contributed by atoms with Crippen molar-refractivity contribution < 1.29 is 9.21 Å². The van der Waals surface area contributed by atoms with Crippen molar-refractivity contribution in [2.75, 3.05) is 13.1 Å². The topological polar surface area (TPSA) is 54.3 Å². The molecule has 1 aromatic rings. The Balaban J connectivity index is 1.70. The molecule has 94 valence electrons. The Morgan fingerprint density at radius 1 is 1.47 bits per heavy atom. The van der Waals surface area contributed by atoms with Crippen LogP contribution in [0.1, 0.15) is 30.8 Å². The van der Waals surface area contributed by atoms with Crippen LogP contribution < -0.4 is 10.6 Å². The number of hydrogen-bond acceptors (Lipinski definition) is 3. The third-order valence-corrected chi connectivity index (χ3v) is 3.19. The number of aryl methyl sites for hydroxylation is 1. The lowest BCUT2D eigenvalue weighted by molar-refractivity contribution is -0.122. The van der Waals surface area contributed by atoms with Crippen LogP contribution in [0.2, 0.25) is 0 Å². The summed E-state index contributed by atoms with van der Waals surface area (Å²) in [5, 5.41) is 6.21. The molecule has 0 saturated carbocycles. The summed E-state index contributed by atoms with van der Waals surface area (Å²) in [4.78, 5) is 11.7. The van der Waals surface area contributed by atoms with Gasteiger partial charge in [-0.05, 0) is 50.9 Å². The molecule has 0 aliphatic carbocycles. The van der Waals surface area contributed by atoms with Crippen molar-refractivity contribution in [2.24, 2.45) is 5.92 Å². The molecular formula is C13H20N2O2. The first-order valence-electron chi connectivity index (χ1n) is 6.27. The van der Waals surface area contributed by atoms with E-state index in [-0.39, 0.29) is 5.91 Å². The lowest BCUT2D eigenvalue weighted by Gasteiger charge is -2.21. The van der Waals surface area contributed by atoms with E-state index in [1.54, 1.807) is 0 Å². The van der Waals surface area contributed by atoms with E-state index < -0.39 is 0 Å². The Morgan fingerprint density at radius 2 is 2.24 bits per heavy atom. The molecule has 1 aliphatic heterocycles. The highest BCUT2D eigenvalue weighted by molar-refractivity contribution is 5.76. The predicted molar refractivity (Wildman–Crippen MR) is 65.5 cm³/mol. The maximum Gasteiger partial charge on any atom is 0.220 e. The van der Waals surface area contributed by atoms with Crippen LogP contribution in [-0.4, -0.2) is 19.0 Å². The van der Waals surface area contributed by atoms with Crippen molar-refractivity contribution >= 4 is 5.91 Å². The van der Waals surface area contributed by atoms with E-state index >= 15 is 0 Å². The van der Waals surface area contributed by atoms with Crippen LogP contribution in [0.5, 0.6) is 0 Å². The van der Waals surface area contributed by atoms with E-state index in [4.69, 9.17) is 4.42 Å². The van der Waals surface area contributed by atoms with Gasteiger partial charge in [0.15, 0.2) is 0 Å². The summed E-state index contributed by atoms with van der Waals surface area (Å²) in [7, 11) is 0. The maximum absolute atomic E-state index is 11.7. The van der Waals surface area contributed by atoms with E-state index in [9.17, 15) is 4.79 Å². The summed E-state index contributed by atoms with van der Waals surface area (Å²) in [5.41, 5.74) is 0. The highest BCUT2D eigenvalue weighted by atomic mass is 16.3. The SMILES string of the molecule is Cc1ccc(CNC(=O)CC2CCNCC2)o1. The second-order valence-corrected chi connectivity index (χ2v) is 4.69. The number of furan rings is 1. The largest absolute Gasteiger partial charge is 0.465 e. The van der Waals surface area contributed by atoms with E-state index in [2.05, 4.69) is 10.6 Å². The van der Waals surface area contributed by atoms with Gasteiger partial charge in [-0.1, -0.05) is 0 Å². The highest BCUT2D eigenvalue weighted by Gasteiger charge is 2.16. The van der Waals surface area contributed by atoms with Gasteiger partial charge in [0.05, 0.1) is 6.54 Å². The predicted octanol–water partition coefficient (Wildman–Crippen LogP) is 1.59. The molecule has 0 atom stereocenters. The van der Waals surface area contributed by atoms with Crippen molar-refractivity contribution in [2.45, 2.75) is 32.7 Å². The van der Waals surface area contributed by atoms with Crippen LogP contribution in [0.15, 0.2) is 16.5 Å². The molecule has 0 bridgehead atoms. The van der Waals surface area contributed by atoms with Gasteiger partial charge in [-0.25, -0.2) is 0 Å². The first-order valence-corrected chi connectivity index (χ1v) is 6.27. The number of carbonyl (C=O) groups is 1. The van der Waals surface area contributed by atoms with Crippen LogP contribution in [0.3, 0.4) is 0 Å². The molecule has 1 amide bonds. The van der Waals surface area contributed by atoms with Crippen molar-refractivity contribution in [1.82, 2.24) is 10.6 Å². The van der Waals surface area contributed by atoms with E-state index in [1.165, 1.54) is 0 Å². The Kier molecular flexibility index (Phi) is 4.20. The molecule has 4 nitrogen and oxygen atoms in total. The zero-order chi connectivity index (χ0) is 12.1. The number of nitrogens with one attached hydrogen (secondary N) is 2. The summed E-state index contributed by atoms with van der Waals surface area (Å²) < 4.78 is 5.40. The maximum atomic E-state index is 11.7. The van der Waals surface area contributed by atoms with Crippen molar-refractivity contribution in [3.05, 3.63) is 23.7 Å². The minimum Gasteiger partial charge on any atom is -0.465 e. The average molecular weight is 236 g/mol. The van der Waals surface area contributed by atoms with Gasteiger partial charge in [-0.2, -0.15) is 0 Å². The van der Waals surface area contributed by atoms with E-state index in [1.807, 2.05) is 19.1 Å². The zero-order valence-electron chi connectivity index (χ0n) is 10.3. The Morgan fingerprint density at radius 3 is 2.88 bits per heavy atom. The fourth-order valence-corrected chi connectivity index (χ4v) is 2.19. The number of rotatable bonds is 4. The summed E-state index contributed by atoms with van der Waals surface area (Å²) in [6, 6.07) is 3.81. The third-order valence-electron chi connectivity index (χ3n) is 3.19. The molecule has 1 saturated heterocycles. The van der Waals surface area contributed by atoms with Crippen LogP contribution in [-0.2, 0) is 11.3 Å². The van der Waals surface area contributed by atoms with Crippen LogP contribution >= 0.6 is 0 Å². The molecular weight excluding hydrogens is 216 g/mol. The molecule has 4 heteroatoms. The van der Waals surface area contributed by atoms with Crippen molar-refractivity contribution in [1.29, 1.82) is 0 Å². The fraction of sp³-hybridized carbons (Fsp3) is 0.615. The van der Waals surface area contributed by atoms with Gasteiger partial charge in [0.2, 0.25) is 5.91 Å². The molecule has 2 N–H and O–H groups in total. The van der Waals surface area contributed by atoms with E-state index in [0.717, 1.165) is 37.5 Å². The van der Waals surface area contributed by atoms with E-state index in [0.29, 0.717) is 18.9 Å². The molecule has 0 aromatic carbocycles. The lowest BCUT2D eigenvalue weighted by Crippen LogP contribution is -2.32. The molecule has 2 heterocycles. The smallest absolute Gasteiger partial charge is 0.220 e. The van der Waals surface area contributed by atoms with Gasteiger partial charge < -0.3 is 15.1 Å². The van der Waals surface area contributed by atoms with Crippen LogP contribution in [0, 0.1) is 12.8 Å². The number of carbonyl (C=O) groups excluding carboxylic acids is 1. The second kappa shape index (κ2) is 5.87. The Hall–Kier alpha value is -1.29. The van der Waals surface area contributed by atoms with Gasteiger partial charge in [-0.15, -0.1) is 0 Å². The number of hydrogen-bond donors (Lipinski definition) is 2. The zero-order valence-corrected chi connectivity index (χ0v) is 10.3. The first-order chi connectivity index (χ1) is 8.24. The highest BCUT2D eigenvalue weighted by Crippen LogP contribution is 2.15. The van der Waals surface area contributed by atoms with Gasteiger partial charge in [0, 0.05) is 6.42 Å². The van der Waals surface area contributed by atoms with Crippen molar-refractivity contribution in [3.63, 3.8) is 0 Å². The summed E-state index contributed by atoms with van der Waals surface area (Å²) in [5.74, 6) is 2.37. The van der Waals surface area contributed by atoms with Gasteiger partial charge in [0.25, 0.3) is 0 Å². The molecule has 0 unspecified atom stereocenters. The van der Waals surface area contributed by atoms with Crippen LogP contribution in [0.4, 0.5) is 0 Å². The summed E-state index contributed by atoms with van der Waals surface area (Å²) >= 11 is 0. The van der Waals surface area contributed by atoms with Gasteiger partial charge >= 0.3 is 0 Å². The summed E-state index contributed by atoms with van der Waals surface area (Å²) in [6.07, 6.45) is 2.85. The molecule has 2 rings (SSSR count). The minimum absolute atomic E-state index is 0.131. The molecule has 1 aliphatic rings. The monoisotopic (exact) mass is 236 g/mol. The molecule has 1 aromatic heterocycles. The molecule has 17 heavy (non-hydrogen) atoms. The van der Waals surface area contributed by atoms with Gasteiger partial charge in [-0.3, -0.25) is 4.79 Å². The molecule has 1 fully saturated rings. The van der Waals surface area contributed by atoms with Gasteiger partial charge in [0.1, 0.15) is 11.5 Å². The quantitative estimate of drug-likeness (QED) is 0.834. The Bertz CT molecular complexity index is 367. The lowest BCUT2D eigenvalue weighted by atomic mass is 9.94. The van der Waals surface area contributed by atoms with Crippen molar-refractivity contribution in [3.8, 4) is 0 Å². The standard InChI is InChI=1S/C13H20N2O2/c1-10-2-3-12(17-10)9-15-13(16)8-11-4-6-14-7-5-11/h2-3,11,14H,4-9H2,1H3,(H,15,16). The average Bonchev–Trinajstić information content (AvgIpc) is 2.74. The Labute approximate surface area is 102 Å². The fourth-order valence-electron chi connectivity index (χ4n) is 2.19.